The second kappa shape index (κ2) is 7.95. The summed E-state index contributed by atoms with van der Waals surface area (Å²) in [6.07, 6.45) is -1.96. The van der Waals surface area contributed by atoms with Gasteiger partial charge in [-0.2, -0.15) is 5.26 Å². The van der Waals surface area contributed by atoms with Gasteiger partial charge >= 0.3 is 0 Å². The molecule has 1 aromatic carbocycles. The molecule has 0 saturated carbocycles. The number of nitrogens with zero attached hydrogens (tertiary/aromatic N) is 2. The van der Waals surface area contributed by atoms with Crippen molar-refractivity contribution in [1.82, 2.24) is 4.98 Å². The molecule has 7 heteroatoms. The van der Waals surface area contributed by atoms with Crippen molar-refractivity contribution in [1.29, 1.82) is 5.26 Å². The van der Waals surface area contributed by atoms with Gasteiger partial charge in [-0.15, -0.1) is 0 Å². The van der Waals surface area contributed by atoms with Crippen molar-refractivity contribution in [3.8, 4) is 11.8 Å². The molecule has 0 spiro atoms. The molecular weight excluding hydrogens is 424 g/mol. The molecule has 1 atom stereocenters. The average Bonchev–Trinajstić information content (AvgIpc) is 2.71. The number of nitrogens with one attached hydrogen (secondary N) is 1. The Balaban J connectivity index is 2.04. The number of anilines is 1. The Bertz CT molecular complexity index is 1210. The molecule has 1 N–H and O–H groups in total. The van der Waals surface area contributed by atoms with E-state index in [1.54, 1.807) is 0 Å². The van der Waals surface area contributed by atoms with Crippen LogP contribution in [0.3, 0.4) is 0 Å². The molecule has 0 bridgehead atoms. The maximum atomic E-state index is 13.6. The molecule has 2 heterocycles. The summed E-state index contributed by atoms with van der Waals surface area (Å²) < 4.78 is 33.0. The van der Waals surface area contributed by atoms with Gasteiger partial charge in [-0.3, -0.25) is 4.79 Å². The number of carbonyl (C=O) groups is 1. The maximum absolute atomic E-state index is 13.6. The van der Waals surface area contributed by atoms with E-state index in [1.807, 2.05) is 58.9 Å². The third kappa shape index (κ3) is 3.88. The number of Topliss-reactive ketones (excluding diaryl/α,β-unsaturated/α-hetero) is 1. The fraction of sp³-hybridized carbons (Fsp3) is 0.423. The fourth-order valence-electron chi connectivity index (χ4n) is 5.08. The highest BCUT2D eigenvalue weighted by Crippen LogP contribution is 2.53. The van der Waals surface area contributed by atoms with E-state index in [4.69, 9.17) is 4.74 Å². The number of allylic oxidation sites excluding steroid dienone is 2. The molecule has 4 rings (SSSR count). The predicted molar refractivity (Wildman–Crippen MR) is 121 cm³/mol. The normalized spacial score (nSPS) is 21.4. The lowest BCUT2D eigenvalue weighted by atomic mass is 9.61. The van der Waals surface area contributed by atoms with Crippen LogP contribution in [0, 0.1) is 16.7 Å². The summed E-state index contributed by atoms with van der Waals surface area (Å²) in [4.78, 5) is 17.7. The molecular formula is C26H27F2N3O2. The van der Waals surface area contributed by atoms with E-state index in [0.29, 0.717) is 35.4 Å². The van der Waals surface area contributed by atoms with Crippen molar-refractivity contribution < 1.29 is 18.3 Å². The molecule has 0 fully saturated rings. The number of ketones is 1. The first-order valence-electron chi connectivity index (χ1n) is 11.0. The SMILES string of the molecule is CC(C)Oc1cccc(C2(C)C3=C(CC(C)(C)CC3=O)Nc3nc(C(F)F)cc(C#N)c32)c1. The van der Waals surface area contributed by atoms with Gasteiger partial charge in [0, 0.05) is 23.3 Å². The second-order valence-electron chi connectivity index (χ2n) is 9.97. The van der Waals surface area contributed by atoms with Crippen LogP contribution in [0.25, 0.3) is 0 Å². The van der Waals surface area contributed by atoms with Crippen LogP contribution in [-0.4, -0.2) is 16.9 Å². The Hall–Kier alpha value is -3.27. The molecule has 5 nitrogen and oxygen atoms in total. The highest BCUT2D eigenvalue weighted by atomic mass is 19.3. The van der Waals surface area contributed by atoms with Gasteiger partial charge in [0.15, 0.2) is 5.78 Å². The van der Waals surface area contributed by atoms with Gasteiger partial charge in [-0.25, -0.2) is 13.8 Å². The van der Waals surface area contributed by atoms with Gasteiger partial charge in [0.25, 0.3) is 6.43 Å². The number of hydrogen-bond donors (Lipinski definition) is 1. The number of hydrogen-bond acceptors (Lipinski definition) is 5. The van der Waals surface area contributed by atoms with Crippen LogP contribution < -0.4 is 10.1 Å². The Morgan fingerprint density at radius 1 is 1.18 bits per heavy atom. The highest BCUT2D eigenvalue weighted by molar-refractivity contribution is 6.03. The topological polar surface area (TPSA) is 75.0 Å². The largest absolute Gasteiger partial charge is 0.491 e. The van der Waals surface area contributed by atoms with Crippen LogP contribution >= 0.6 is 0 Å². The molecule has 1 aromatic heterocycles. The number of alkyl halides is 2. The van der Waals surface area contributed by atoms with Gasteiger partial charge in [0.2, 0.25) is 0 Å². The zero-order valence-electron chi connectivity index (χ0n) is 19.4. The Kier molecular flexibility index (Phi) is 5.52. The number of halogens is 2. The van der Waals surface area contributed by atoms with E-state index in [2.05, 4.69) is 16.4 Å². The van der Waals surface area contributed by atoms with E-state index in [9.17, 15) is 18.8 Å². The van der Waals surface area contributed by atoms with Gasteiger partial charge in [0.1, 0.15) is 17.3 Å². The molecule has 0 amide bonds. The number of rotatable bonds is 4. The lowest BCUT2D eigenvalue weighted by Gasteiger charge is -2.45. The molecule has 172 valence electrons. The molecule has 0 radical (unpaired) electrons. The molecule has 2 aromatic rings. The monoisotopic (exact) mass is 451 g/mol. The third-order valence-electron chi connectivity index (χ3n) is 6.31. The molecule has 0 saturated heterocycles. The Morgan fingerprint density at radius 2 is 1.91 bits per heavy atom. The van der Waals surface area contributed by atoms with Crippen molar-refractivity contribution >= 4 is 11.6 Å². The minimum absolute atomic E-state index is 0.0288. The predicted octanol–water partition coefficient (Wildman–Crippen LogP) is 6.05. The van der Waals surface area contributed by atoms with E-state index in [1.165, 1.54) is 0 Å². The highest BCUT2D eigenvalue weighted by Gasteiger charge is 2.49. The van der Waals surface area contributed by atoms with Gasteiger partial charge in [-0.1, -0.05) is 26.0 Å². The van der Waals surface area contributed by atoms with Gasteiger partial charge < -0.3 is 10.1 Å². The van der Waals surface area contributed by atoms with E-state index in [-0.39, 0.29) is 28.7 Å². The van der Waals surface area contributed by atoms with Crippen LogP contribution in [-0.2, 0) is 10.2 Å². The Labute approximate surface area is 192 Å². The number of ether oxygens (including phenoxy) is 1. The van der Waals surface area contributed by atoms with Crippen LogP contribution in [0.1, 0.15) is 76.3 Å². The number of fused-ring (bicyclic) bond motifs is 1. The minimum atomic E-state index is -2.82. The number of pyridine rings is 1. The first kappa shape index (κ1) is 22.9. The number of nitriles is 1. The molecule has 1 aliphatic heterocycles. The summed E-state index contributed by atoms with van der Waals surface area (Å²) in [6.45, 7) is 9.72. The third-order valence-corrected chi connectivity index (χ3v) is 6.31. The van der Waals surface area contributed by atoms with Crippen molar-refractivity contribution in [3.63, 3.8) is 0 Å². The summed E-state index contributed by atoms with van der Waals surface area (Å²) in [5.74, 6) is 0.801. The van der Waals surface area contributed by atoms with Crippen LogP contribution in [0.15, 0.2) is 41.6 Å². The summed E-state index contributed by atoms with van der Waals surface area (Å²) >= 11 is 0. The fourth-order valence-corrected chi connectivity index (χ4v) is 5.08. The van der Waals surface area contributed by atoms with Crippen LogP contribution in [0.4, 0.5) is 14.6 Å². The number of aromatic nitrogens is 1. The van der Waals surface area contributed by atoms with E-state index >= 15 is 0 Å². The first-order valence-corrected chi connectivity index (χ1v) is 11.0. The molecule has 33 heavy (non-hydrogen) atoms. The zero-order chi connectivity index (χ0) is 24.1. The summed E-state index contributed by atoms with van der Waals surface area (Å²) in [7, 11) is 0. The van der Waals surface area contributed by atoms with Crippen molar-refractivity contribution in [3.05, 3.63) is 64.0 Å². The standard InChI is InChI=1S/C26H27F2N3O2/c1-14(2)33-17-8-6-7-16(10-17)26(5)21-15(13-29)9-18(23(27)28)30-24(21)31-19-11-25(3,4)12-20(32)22(19)26/h6-10,14,23H,11-12H2,1-5H3,(H,30,31). The summed E-state index contributed by atoms with van der Waals surface area (Å²) in [6, 6.07) is 10.6. The zero-order valence-corrected chi connectivity index (χ0v) is 19.4. The quantitative estimate of drug-likeness (QED) is 0.612. The summed E-state index contributed by atoms with van der Waals surface area (Å²) in [5, 5.41) is 13.1. The second-order valence-corrected chi connectivity index (χ2v) is 9.97. The van der Waals surface area contributed by atoms with E-state index in [0.717, 1.165) is 11.6 Å². The van der Waals surface area contributed by atoms with Gasteiger partial charge in [0.05, 0.1) is 23.2 Å². The van der Waals surface area contributed by atoms with Gasteiger partial charge in [-0.05, 0) is 56.4 Å². The minimum Gasteiger partial charge on any atom is -0.491 e. The number of benzene rings is 1. The van der Waals surface area contributed by atoms with Crippen molar-refractivity contribution in [2.75, 3.05) is 5.32 Å². The van der Waals surface area contributed by atoms with E-state index < -0.39 is 17.5 Å². The maximum Gasteiger partial charge on any atom is 0.280 e. The van der Waals surface area contributed by atoms with Crippen molar-refractivity contribution in [2.45, 2.75) is 65.4 Å². The summed E-state index contributed by atoms with van der Waals surface area (Å²) in [5.41, 5.74) is 0.659. The smallest absolute Gasteiger partial charge is 0.280 e. The molecule has 1 unspecified atom stereocenters. The lowest BCUT2D eigenvalue weighted by molar-refractivity contribution is -0.118. The first-order chi connectivity index (χ1) is 15.5. The number of carbonyl (C=O) groups excluding carboxylic acids is 1. The molecule has 2 aliphatic rings. The van der Waals surface area contributed by atoms with Crippen LogP contribution in [0.5, 0.6) is 5.75 Å². The Morgan fingerprint density at radius 3 is 2.55 bits per heavy atom. The molecule has 1 aliphatic carbocycles. The average molecular weight is 452 g/mol. The van der Waals surface area contributed by atoms with Crippen molar-refractivity contribution in [2.24, 2.45) is 5.41 Å². The van der Waals surface area contributed by atoms with Crippen LogP contribution in [0.2, 0.25) is 0 Å². The lowest BCUT2D eigenvalue weighted by Crippen LogP contribution is -2.43.